The summed E-state index contributed by atoms with van der Waals surface area (Å²) in [5, 5.41) is 13.3. The zero-order valence-corrected chi connectivity index (χ0v) is 12.0. The molecular weight excluding hydrogens is 238 g/mol. The molecule has 0 heterocycles. The van der Waals surface area contributed by atoms with Crippen LogP contribution < -0.4 is 10.1 Å². The first-order valence-electron chi connectivity index (χ1n) is 7.26. The summed E-state index contributed by atoms with van der Waals surface area (Å²) in [7, 11) is 0. The second-order valence-electron chi connectivity index (χ2n) is 5.62. The molecule has 3 heteroatoms. The van der Waals surface area contributed by atoms with E-state index in [1.54, 1.807) is 0 Å². The molecule has 1 aliphatic carbocycles. The van der Waals surface area contributed by atoms with Crippen LogP contribution >= 0.6 is 0 Å². The zero-order chi connectivity index (χ0) is 13.7. The molecule has 0 spiro atoms. The lowest BCUT2D eigenvalue weighted by molar-refractivity contribution is 0.103. The van der Waals surface area contributed by atoms with Crippen LogP contribution in [-0.4, -0.2) is 30.4 Å². The lowest BCUT2D eigenvalue weighted by Gasteiger charge is -2.17. The van der Waals surface area contributed by atoms with Gasteiger partial charge in [0, 0.05) is 12.6 Å². The van der Waals surface area contributed by atoms with Gasteiger partial charge in [-0.25, -0.2) is 0 Å². The third-order valence-electron chi connectivity index (χ3n) is 3.76. The fraction of sp³-hybridized carbons (Fsp3) is 0.625. The summed E-state index contributed by atoms with van der Waals surface area (Å²) >= 11 is 0. The highest BCUT2D eigenvalue weighted by molar-refractivity contribution is 5.35. The van der Waals surface area contributed by atoms with Crippen molar-refractivity contribution in [1.82, 2.24) is 5.32 Å². The van der Waals surface area contributed by atoms with E-state index in [9.17, 15) is 5.11 Å². The minimum atomic E-state index is -0.443. The van der Waals surface area contributed by atoms with Gasteiger partial charge in [0.25, 0.3) is 0 Å². The molecule has 106 valence electrons. The van der Waals surface area contributed by atoms with E-state index in [0.29, 0.717) is 19.2 Å². The molecule has 1 aromatic carbocycles. The van der Waals surface area contributed by atoms with Crippen LogP contribution in [0.4, 0.5) is 0 Å². The molecule has 1 aliphatic rings. The molecule has 0 amide bonds. The van der Waals surface area contributed by atoms with Crippen molar-refractivity contribution < 1.29 is 9.84 Å². The molecule has 1 saturated carbocycles. The lowest BCUT2D eigenvalue weighted by Crippen LogP contribution is -2.36. The first-order valence-corrected chi connectivity index (χ1v) is 7.26. The molecular formula is C16H25NO2. The number of hydrogen-bond acceptors (Lipinski definition) is 3. The molecule has 2 rings (SSSR count). The smallest absolute Gasteiger partial charge is 0.122 e. The minimum Gasteiger partial charge on any atom is -0.491 e. The van der Waals surface area contributed by atoms with Crippen molar-refractivity contribution in [1.29, 1.82) is 0 Å². The highest BCUT2D eigenvalue weighted by Crippen LogP contribution is 2.19. The molecule has 1 fully saturated rings. The van der Waals surface area contributed by atoms with Gasteiger partial charge in [-0.2, -0.15) is 0 Å². The number of ether oxygens (including phenoxy) is 1. The number of aliphatic hydroxyl groups is 1. The Bertz CT molecular complexity index is 400. The van der Waals surface area contributed by atoms with Crippen LogP contribution in [0.25, 0.3) is 0 Å². The molecule has 2 N–H and O–H groups in total. The Hall–Kier alpha value is -1.06. The monoisotopic (exact) mass is 263 g/mol. The third-order valence-corrected chi connectivity index (χ3v) is 3.76. The summed E-state index contributed by atoms with van der Waals surface area (Å²) in [4.78, 5) is 0. The van der Waals surface area contributed by atoms with Crippen molar-refractivity contribution in [3.63, 3.8) is 0 Å². The van der Waals surface area contributed by atoms with E-state index in [1.807, 2.05) is 19.1 Å². The Balaban J connectivity index is 1.71. The van der Waals surface area contributed by atoms with Crippen LogP contribution in [-0.2, 0) is 0 Å². The predicted octanol–water partition coefficient (Wildman–Crippen LogP) is 2.58. The van der Waals surface area contributed by atoms with Crippen LogP contribution in [0.15, 0.2) is 18.2 Å². The number of nitrogens with one attached hydrogen (secondary N) is 1. The molecule has 0 saturated heterocycles. The predicted molar refractivity (Wildman–Crippen MR) is 77.7 cm³/mol. The summed E-state index contributed by atoms with van der Waals surface area (Å²) in [6.45, 7) is 5.07. The Morgan fingerprint density at radius 2 is 2.05 bits per heavy atom. The zero-order valence-electron chi connectivity index (χ0n) is 12.0. The maximum absolute atomic E-state index is 9.93. The average molecular weight is 263 g/mol. The van der Waals surface area contributed by atoms with Crippen LogP contribution in [0.3, 0.4) is 0 Å². The molecule has 1 aromatic rings. The third kappa shape index (κ3) is 4.51. The Morgan fingerprint density at radius 1 is 1.32 bits per heavy atom. The fourth-order valence-electron chi connectivity index (χ4n) is 2.64. The van der Waals surface area contributed by atoms with E-state index < -0.39 is 6.10 Å². The Morgan fingerprint density at radius 3 is 2.74 bits per heavy atom. The van der Waals surface area contributed by atoms with Gasteiger partial charge in [0.2, 0.25) is 0 Å². The second kappa shape index (κ2) is 6.92. The Kier molecular flexibility index (Phi) is 5.23. The van der Waals surface area contributed by atoms with Crippen molar-refractivity contribution in [2.45, 2.75) is 51.7 Å². The molecule has 19 heavy (non-hydrogen) atoms. The van der Waals surface area contributed by atoms with E-state index in [2.05, 4.69) is 18.3 Å². The quantitative estimate of drug-likeness (QED) is 0.829. The first-order chi connectivity index (χ1) is 9.15. The molecule has 3 nitrogen and oxygen atoms in total. The maximum atomic E-state index is 9.93. The van der Waals surface area contributed by atoms with Crippen LogP contribution in [0.1, 0.15) is 36.8 Å². The molecule has 0 aromatic heterocycles. The topological polar surface area (TPSA) is 41.5 Å². The van der Waals surface area contributed by atoms with Gasteiger partial charge in [0.05, 0.1) is 0 Å². The van der Waals surface area contributed by atoms with Gasteiger partial charge in [0.1, 0.15) is 18.5 Å². The van der Waals surface area contributed by atoms with Gasteiger partial charge in [-0.15, -0.1) is 0 Å². The van der Waals surface area contributed by atoms with Gasteiger partial charge < -0.3 is 15.2 Å². The van der Waals surface area contributed by atoms with Gasteiger partial charge in [0.15, 0.2) is 0 Å². The molecule has 0 unspecified atom stereocenters. The molecule has 0 radical (unpaired) electrons. The van der Waals surface area contributed by atoms with Crippen LogP contribution in [0.2, 0.25) is 0 Å². The van der Waals surface area contributed by atoms with Crippen LogP contribution in [0, 0.1) is 13.8 Å². The highest BCUT2D eigenvalue weighted by Gasteiger charge is 2.15. The standard InChI is InChI=1S/C16H25NO2/c1-12-7-8-16(13(2)9-12)19-11-15(18)10-17-14-5-3-4-6-14/h7-9,14-15,17-18H,3-6,10-11H2,1-2H3/t15-/m1/s1. The van der Waals surface area contributed by atoms with Crippen molar-refractivity contribution in [3.8, 4) is 5.75 Å². The van der Waals surface area contributed by atoms with Gasteiger partial charge >= 0.3 is 0 Å². The van der Waals surface area contributed by atoms with E-state index in [0.717, 1.165) is 11.3 Å². The first kappa shape index (κ1) is 14.4. The summed E-state index contributed by atoms with van der Waals surface area (Å²) in [6, 6.07) is 6.70. The average Bonchev–Trinajstić information content (AvgIpc) is 2.88. The minimum absolute atomic E-state index is 0.351. The molecule has 1 atom stereocenters. The number of aryl methyl sites for hydroxylation is 2. The number of rotatable bonds is 6. The summed E-state index contributed by atoms with van der Waals surface area (Å²) in [6.07, 6.45) is 4.66. The highest BCUT2D eigenvalue weighted by atomic mass is 16.5. The number of hydrogen-bond donors (Lipinski definition) is 2. The van der Waals surface area contributed by atoms with E-state index in [-0.39, 0.29) is 0 Å². The SMILES string of the molecule is Cc1ccc(OC[C@H](O)CNC2CCCC2)c(C)c1. The van der Waals surface area contributed by atoms with Gasteiger partial charge in [-0.3, -0.25) is 0 Å². The summed E-state index contributed by atoms with van der Waals surface area (Å²) in [5.41, 5.74) is 2.35. The maximum Gasteiger partial charge on any atom is 0.122 e. The normalized spacial score (nSPS) is 17.6. The Labute approximate surface area is 116 Å². The van der Waals surface area contributed by atoms with Crippen molar-refractivity contribution >= 4 is 0 Å². The van der Waals surface area contributed by atoms with Gasteiger partial charge in [-0.05, 0) is 38.3 Å². The fourth-order valence-corrected chi connectivity index (χ4v) is 2.64. The van der Waals surface area contributed by atoms with E-state index in [4.69, 9.17) is 4.74 Å². The van der Waals surface area contributed by atoms with Gasteiger partial charge in [-0.1, -0.05) is 30.5 Å². The van der Waals surface area contributed by atoms with Crippen molar-refractivity contribution in [2.24, 2.45) is 0 Å². The summed E-state index contributed by atoms with van der Waals surface area (Å²) in [5.74, 6) is 0.866. The molecule has 0 aliphatic heterocycles. The summed E-state index contributed by atoms with van der Waals surface area (Å²) < 4.78 is 5.68. The number of aliphatic hydroxyl groups excluding tert-OH is 1. The molecule has 0 bridgehead atoms. The lowest BCUT2D eigenvalue weighted by atomic mass is 10.1. The number of benzene rings is 1. The largest absolute Gasteiger partial charge is 0.491 e. The van der Waals surface area contributed by atoms with Crippen molar-refractivity contribution in [2.75, 3.05) is 13.2 Å². The van der Waals surface area contributed by atoms with Crippen LogP contribution in [0.5, 0.6) is 5.75 Å². The second-order valence-corrected chi connectivity index (χ2v) is 5.62. The van der Waals surface area contributed by atoms with Crippen molar-refractivity contribution in [3.05, 3.63) is 29.3 Å². The van der Waals surface area contributed by atoms with E-state index >= 15 is 0 Å². The van der Waals surface area contributed by atoms with E-state index in [1.165, 1.54) is 31.2 Å².